The fraction of sp³-hybridized carbons (Fsp3) is 0.250. The molecule has 0 unspecified atom stereocenters. The summed E-state index contributed by atoms with van der Waals surface area (Å²) in [6.07, 6.45) is 0.186. The number of para-hydroxylation sites is 1. The smallest absolute Gasteiger partial charge is 0.119 e. The molecule has 3 nitrogen and oxygen atoms in total. The van der Waals surface area contributed by atoms with E-state index >= 15 is 0 Å². The highest BCUT2D eigenvalue weighted by molar-refractivity contribution is 5.75. The van der Waals surface area contributed by atoms with Crippen molar-refractivity contribution in [3.05, 3.63) is 48.0 Å². The molecule has 0 radical (unpaired) electrons. The van der Waals surface area contributed by atoms with Crippen LogP contribution in [-0.4, -0.2) is 6.10 Å². The summed E-state index contributed by atoms with van der Waals surface area (Å²) in [6, 6.07) is 13.8. The van der Waals surface area contributed by atoms with Crippen LogP contribution >= 0.6 is 0 Å². The Labute approximate surface area is 114 Å². The molecule has 0 aliphatic rings. The summed E-state index contributed by atoms with van der Waals surface area (Å²) in [6.45, 7) is 6.06. The van der Waals surface area contributed by atoms with Gasteiger partial charge < -0.3 is 15.8 Å². The maximum absolute atomic E-state index is 5.98. The summed E-state index contributed by atoms with van der Waals surface area (Å²) in [5.74, 6) is 0.873. The van der Waals surface area contributed by atoms with Crippen LogP contribution in [0, 0.1) is 6.92 Å². The summed E-state index contributed by atoms with van der Waals surface area (Å²) < 4.78 is 5.61. The molecule has 2 aromatic carbocycles. The van der Waals surface area contributed by atoms with Crippen LogP contribution in [0.25, 0.3) is 0 Å². The van der Waals surface area contributed by atoms with E-state index in [0.717, 1.165) is 28.4 Å². The first-order valence-electron chi connectivity index (χ1n) is 6.45. The molecule has 0 aliphatic carbocycles. The van der Waals surface area contributed by atoms with E-state index in [2.05, 4.69) is 5.32 Å². The third-order valence-corrected chi connectivity index (χ3v) is 2.80. The summed E-state index contributed by atoms with van der Waals surface area (Å²) in [5, 5.41) is 3.34. The fourth-order valence-electron chi connectivity index (χ4n) is 1.89. The van der Waals surface area contributed by atoms with E-state index in [1.807, 2.05) is 63.2 Å². The van der Waals surface area contributed by atoms with E-state index in [4.69, 9.17) is 10.5 Å². The number of benzene rings is 2. The topological polar surface area (TPSA) is 47.3 Å². The van der Waals surface area contributed by atoms with Gasteiger partial charge in [0, 0.05) is 5.69 Å². The van der Waals surface area contributed by atoms with Crippen LogP contribution in [-0.2, 0) is 0 Å². The highest BCUT2D eigenvalue weighted by Crippen LogP contribution is 2.27. The Morgan fingerprint density at radius 3 is 2.32 bits per heavy atom. The number of anilines is 3. The summed E-state index contributed by atoms with van der Waals surface area (Å²) in [5.41, 5.74) is 9.81. The van der Waals surface area contributed by atoms with Gasteiger partial charge in [-0.3, -0.25) is 0 Å². The van der Waals surface area contributed by atoms with Crippen LogP contribution in [0.4, 0.5) is 17.1 Å². The second-order valence-electron chi connectivity index (χ2n) is 4.86. The van der Waals surface area contributed by atoms with Crippen molar-refractivity contribution < 1.29 is 4.74 Å². The predicted molar refractivity (Wildman–Crippen MR) is 81.1 cm³/mol. The number of nitrogen functional groups attached to an aromatic ring is 1. The van der Waals surface area contributed by atoms with Gasteiger partial charge in [-0.15, -0.1) is 0 Å². The lowest BCUT2D eigenvalue weighted by atomic mass is 10.1. The lowest BCUT2D eigenvalue weighted by molar-refractivity contribution is 0.242. The molecule has 0 saturated carbocycles. The summed E-state index contributed by atoms with van der Waals surface area (Å²) in [7, 11) is 0. The molecule has 0 spiro atoms. The second kappa shape index (κ2) is 5.65. The molecule has 2 aromatic rings. The molecule has 0 bridgehead atoms. The number of nitrogens with two attached hydrogens (primary N) is 1. The van der Waals surface area contributed by atoms with E-state index < -0.39 is 0 Å². The Hall–Kier alpha value is -2.16. The van der Waals surface area contributed by atoms with Crippen molar-refractivity contribution in [1.29, 1.82) is 0 Å². The lowest BCUT2D eigenvalue weighted by Crippen LogP contribution is -2.05. The molecule has 0 fully saturated rings. The molecule has 0 atom stereocenters. The number of hydrogen-bond donors (Lipinski definition) is 2. The Bertz CT molecular complexity index is 527. The van der Waals surface area contributed by atoms with Crippen LogP contribution < -0.4 is 15.8 Å². The Morgan fingerprint density at radius 1 is 1.05 bits per heavy atom. The molecule has 2 rings (SSSR count). The Kier molecular flexibility index (Phi) is 3.95. The largest absolute Gasteiger partial charge is 0.491 e. The lowest BCUT2D eigenvalue weighted by Gasteiger charge is -2.13. The van der Waals surface area contributed by atoms with Gasteiger partial charge in [-0.2, -0.15) is 0 Å². The van der Waals surface area contributed by atoms with Crippen LogP contribution in [0.15, 0.2) is 42.5 Å². The first kappa shape index (κ1) is 13.3. The van der Waals surface area contributed by atoms with Gasteiger partial charge in [0.2, 0.25) is 0 Å². The average Bonchev–Trinajstić information content (AvgIpc) is 2.35. The van der Waals surface area contributed by atoms with E-state index in [0.29, 0.717) is 0 Å². The number of aryl methyl sites for hydroxylation is 1. The van der Waals surface area contributed by atoms with Crippen molar-refractivity contribution in [3.8, 4) is 5.75 Å². The van der Waals surface area contributed by atoms with Crippen molar-refractivity contribution in [3.63, 3.8) is 0 Å². The van der Waals surface area contributed by atoms with Gasteiger partial charge >= 0.3 is 0 Å². The first-order chi connectivity index (χ1) is 9.06. The Morgan fingerprint density at radius 2 is 1.74 bits per heavy atom. The van der Waals surface area contributed by atoms with Gasteiger partial charge in [0.05, 0.1) is 17.5 Å². The fourth-order valence-corrected chi connectivity index (χ4v) is 1.89. The number of hydrogen-bond acceptors (Lipinski definition) is 3. The van der Waals surface area contributed by atoms with Gasteiger partial charge in [0.25, 0.3) is 0 Å². The van der Waals surface area contributed by atoms with Crippen LogP contribution in [0.1, 0.15) is 19.4 Å². The van der Waals surface area contributed by atoms with Gasteiger partial charge in [0.15, 0.2) is 0 Å². The number of ether oxygens (including phenoxy) is 1. The van der Waals surface area contributed by atoms with Gasteiger partial charge in [0.1, 0.15) is 5.75 Å². The van der Waals surface area contributed by atoms with E-state index in [1.165, 1.54) is 0 Å². The molecular formula is C16H20N2O. The predicted octanol–water partition coefficient (Wildman–Crippen LogP) is 4.11. The molecule has 0 heterocycles. The SMILES string of the molecule is Cc1cccc(N)c1Nc1ccc(OC(C)C)cc1. The maximum Gasteiger partial charge on any atom is 0.119 e. The highest BCUT2D eigenvalue weighted by atomic mass is 16.5. The number of nitrogens with one attached hydrogen (secondary N) is 1. The minimum Gasteiger partial charge on any atom is -0.491 e. The highest BCUT2D eigenvalue weighted by Gasteiger charge is 2.03. The zero-order valence-corrected chi connectivity index (χ0v) is 11.6. The molecular weight excluding hydrogens is 236 g/mol. The zero-order valence-electron chi connectivity index (χ0n) is 11.6. The second-order valence-corrected chi connectivity index (χ2v) is 4.86. The van der Waals surface area contributed by atoms with Gasteiger partial charge in [-0.05, 0) is 56.7 Å². The summed E-state index contributed by atoms with van der Waals surface area (Å²) >= 11 is 0. The quantitative estimate of drug-likeness (QED) is 0.809. The van der Waals surface area contributed by atoms with Crippen molar-refractivity contribution in [2.24, 2.45) is 0 Å². The van der Waals surface area contributed by atoms with E-state index in [1.54, 1.807) is 0 Å². The normalized spacial score (nSPS) is 10.5. The first-order valence-corrected chi connectivity index (χ1v) is 6.45. The van der Waals surface area contributed by atoms with E-state index in [-0.39, 0.29) is 6.10 Å². The van der Waals surface area contributed by atoms with Crippen molar-refractivity contribution >= 4 is 17.1 Å². The minimum atomic E-state index is 0.186. The zero-order chi connectivity index (χ0) is 13.8. The van der Waals surface area contributed by atoms with Crippen LogP contribution in [0.5, 0.6) is 5.75 Å². The molecule has 0 aliphatic heterocycles. The molecule has 3 N–H and O–H groups in total. The molecule has 100 valence electrons. The van der Waals surface area contributed by atoms with E-state index in [9.17, 15) is 0 Å². The van der Waals surface area contributed by atoms with Gasteiger partial charge in [-0.1, -0.05) is 12.1 Å². The third-order valence-electron chi connectivity index (χ3n) is 2.80. The molecule has 3 heteroatoms. The van der Waals surface area contributed by atoms with Crippen LogP contribution in [0.2, 0.25) is 0 Å². The van der Waals surface area contributed by atoms with Crippen LogP contribution in [0.3, 0.4) is 0 Å². The van der Waals surface area contributed by atoms with Crippen molar-refractivity contribution in [2.75, 3.05) is 11.1 Å². The third kappa shape index (κ3) is 3.41. The molecule has 19 heavy (non-hydrogen) atoms. The summed E-state index contributed by atoms with van der Waals surface area (Å²) in [4.78, 5) is 0. The molecule has 0 amide bonds. The number of rotatable bonds is 4. The Balaban J connectivity index is 2.15. The minimum absolute atomic E-state index is 0.186. The van der Waals surface area contributed by atoms with Gasteiger partial charge in [-0.25, -0.2) is 0 Å². The van der Waals surface area contributed by atoms with Crippen molar-refractivity contribution in [2.45, 2.75) is 26.9 Å². The monoisotopic (exact) mass is 256 g/mol. The van der Waals surface area contributed by atoms with Crippen molar-refractivity contribution in [1.82, 2.24) is 0 Å². The maximum atomic E-state index is 5.98. The average molecular weight is 256 g/mol. The molecule has 0 aromatic heterocycles. The molecule has 0 saturated heterocycles. The standard InChI is InChI=1S/C16H20N2O/c1-11(2)19-14-9-7-13(8-10-14)18-16-12(3)5-4-6-15(16)17/h4-11,18H,17H2,1-3H3.